The predicted molar refractivity (Wildman–Crippen MR) is 151 cm³/mol. The van der Waals surface area contributed by atoms with Crippen LogP contribution in [0.5, 0.6) is 17.2 Å². The van der Waals surface area contributed by atoms with E-state index < -0.39 is 5.91 Å². The van der Waals surface area contributed by atoms with Crippen molar-refractivity contribution >= 4 is 51.9 Å². The molecule has 0 aliphatic carbocycles. The second kappa shape index (κ2) is 12.8. The van der Waals surface area contributed by atoms with Crippen molar-refractivity contribution in [2.45, 2.75) is 13.8 Å². The monoisotopic (exact) mass is 611 g/mol. The van der Waals surface area contributed by atoms with E-state index in [0.717, 1.165) is 16.8 Å². The average Bonchev–Trinajstić information content (AvgIpc) is 2.88. The Morgan fingerprint density at radius 3 is 2.35 bits per heavy atom. The molecule has 0 heterocycles. The number of ether oxygens (including phenoxy) is 3. The van der Waals surface area contributed by atoms with Gasteiger partial charge in [-0.05, 0) is 96.1 Å². The number of carbonyl (C=O) groups excluding carboxylic acids is 2. The SMILES string of the molecule is COc1ccc(NC(=O)/C(C#N)=C\c2cc(I)c(OCC(=O)Nc3ccc(C)cc3C)c(OC)c2)cc1. The number of methoxy groups -OCH3 is 2. The lowest BCUT2D eigenvalue weighted by molar-refractivity contribution is -0.118. The van der Waals surface area contributed by atoms with Crippen molar-refractivity contribution in [1.82, 2.24) is 0 Å². The van der Waals surface area contributed by atoms with Gasteiger partial charge < -0.3 is 24.8 Å². The van der Waals surface area contributed by atoms with Crippen LogP contribution in [0.4, 0.5) is 11.4 Å². The van der Waals surface area contributed by atoms with Gasteiger partial charge in [-0.2, -0.15) is 5.26 Å². The molecule has 0 radical (unpaired) electrons. The fourth-order valence-electron chi connectivity index (χ4n) is 3.43. The molecule has 0 unspecified atom stereocenters. The second-order valence-electron chi connectivity index (χ2n) is 8.04. The lowest BCUT2D eigenvalue weighted by Crippen LogP contribution is -2.21. The van der Waals surface area contributed by atoms with Gasteiger partial charge in [0.15, 0.2) is 18.1 Å². The number of amides is 2. The number of hydrogen-bond acceptors (Lipinski definition) is 6. The Morgan fingerprint density at radius 2 is 1.73 bits per heavy atom. The van der Waals surface area contributed by atoms with Crippen molar-refractivity contribution in [3.05, 3.63) is 80.4 Å². The molecule has 2 N–H and O–H groups in total. The highest BCUT2D eigenvalue weighted by Crippen LogP contribution is 2.34. The Labute approximate surface area is 229 Å². The largest absolute Gasteiger partial charge is 0.497 e. The number of halogens is 1. The Morgan fingerprint density at radius 1 is 1.00 bits per heavy atom. The van der Waals surface area contributed by atoms with Gasteiger partial charge >= 0.3 is 0 Å². The van der Waals surface area contributed by atoms with Crippen LogP contribution in [-0.4, -0.2) is 32.6 Å². The third kappa shape index (κ3) is 7.47. The van der Waals surface area contributed by atoms with E-state index in [1.165, 1.54) is 13.2 Å². The summed E-state index contributed by atoms with van der Waals surface area (Å²) in [6.45, 7) is 3.69. The van der Waals surface area contributed by atoms with E-state index in [4.69, 9.17) is 14.2 Å². The minimum atomic E-state index is -0.551. The van der Waals surface area contributed by atoms with Crippen molar-refractivity contribution in [2.24, 2.45) is 0 Å². The molecule has 3 rings (SSSR count). The highest BCUT2D eigenvalue weighted by molar-refractivity contribution is 14.1. The summed E-state index contributed by atoms with van der Waals surface area (Å²) in [5, 5.41) is 15.1. The Hall–Kier alpha value is -4.04. The van der Waals surface area contributed by atoms with Gasteiger partial charge in [-0.1, -0.05) is 17.7 Å². The maximum atomic E-state index is 12.6. The number of carbonyl (C=O) groups is 2. The molecule has 0 saturated carbocycles. The van der Waals surface area contributed by atoms with E-state index in [2.05, 4.69) is 33.2 Å². The second-order valence-corrected chi connectivity index (χ2v) is 9.20. The first-order chi connectivity index (χ1) is 17.7. The van der Waals surface area contributed by atoms with Gasteiger partial charge in [0.05, 0.1) is 17.8 Å². The molecule has 0 aromatic heterocycles. The van der Waals surface area contributed by atoms with Crippen LogP contribution in [0.2, 0.25) is 0 Å². The van der Waals surface area contributed by atoms with Gasteiger partial charge in [-0.3, -0.25) is 9.59 Å². The summed E-state index contributed by atoms with van der Waals surface area (Å²) >= 11 is 2.05. The number of rotatable bonds is 9. The van der Waals surface area contributed by atoms with E-state index in [1.54, 1.807) is 43.5 Å². The van der Waals surface area contributed by atoms with Crippen LogP contribution in [0.25, 0.3) is 6.08 Å². The van der Waals surface area contributed by atoms with E-state index in [0.29, 0.717) is 32.1 Å². The van der Waals surface area contributed by atoms with E-state index in [-0.39, 0.29) is 18.1 Å². The number of nitrogens with one attached hydrogen (secondary N) is 2. The molecule has 0 saturated heterocycles. The van der Waals surface area contributed by atoms with Crippen LogP contribution in [-0.2, 0) is 9.59 Å². The van der Waals surface area contributed by atoms with Crippen molar-refractivity contribution in [3.63, 3.8) is 0 Å². The minimum absolute atomic E-state index is 0.0878. The zero-order valence-electron chi connectivity index (χ0n) is 20.8. The number of benzene rings is 3. The van der Waals surface area contributed by atoms with Crippen molar-refractivity contribution in [3.8, 4) is 23.3 Å². The maximum Gasteiger partial charge on any atom is 0.266 e. The first-order valence-corrected chi connectivity index (χ1v) is 12.3. The summed E-state index contributed by atoms with van der Waals surface area (Å²) in [5.41, 5.74) is 3.80. The van der Waals surface area contributed by atoms with Crippen LogP contribution in [0.1, 0.15) is 16.7 Å². The van der Waals surface area contributed by atoms with Gasteiger partial charge in [-0.15, -0.1) is 0 Å². The molecule has 0 fully saturated rings. The Balaban J connectivity index is 1.73. The molecule has 0 atom stereocenters. The summed E-state index contributed by atoms with van der Waals surface area (Å²) in [4.78, 5) is 25.1. The molecular weight excluding hydrogens is 585 g/mol. The molecule has 0 spiro atoms. The molecule has 0 aliphatic heterocycles. The zero-order valence-corrected chi connectivity index (χ0v) is 23.0. The molecule has 3 aromatic rings. The standard InChI is InChI=1S/C28H26IN3O5/c1-17-5-10-24(18(2)11-17)32-26(33)16-37-27-23(29)13-19(14-25(27)36-4)12-20(15-30)28(34)31-21-6-8-22(35-3)9-7-21/h5-14H,16H2,1-4H3,(H,31,34)(H,32,33)/b20-12-. The number of aryl methyl sites for hydroxylation is 2. The predicted octanol–water partition coefficient (Wildman–Crippen LogP) is 5.49. The molecule has 9 heteroatoms. The lowest BCUT2D eigenvalue weighted by atomic mass is 10.1. The molecule has 3 aromatic carbocycles. The Bertz CT molecular complexity index is 1380. The van der Waals surface area contributed by atoms with Crippen molar-refractivity contribution in [1.29, 1.82) is 5.26 Å². The number of nitriles is 1. The van der Waals surface area contributed by atoms with Crippen LogP contribution < -0.4 is 24.8 Å². The third-order valence-electron chi connectivity index (χ3n) is 5.28. The Kier molecular flexibility index (Phi) is 9.51. The van der Waals surface area contributed by atoms with Crippen LogP contribution in [0, 0.1) is 28.7 Å². The summed E-state index contributed by atoms with van der Waals surface area (Å²) < 4.78 is 17.0. The normalized spacial score (nSPS) is 10.8. The number of nitrogens with zero attached hydrogens (tertiary/aromatic N) is 1. The molecule has 0 aliphatic rings. The van der Waals surface area contributed by atoms with Crippen molar-refractivity contribution < 1.29 is 23.8 Å². The average molecular weight is 611 g/mol. The molecular formula is C28H26IN3O5. The zero-order chi connectivity index (χ0) is 26.9. The summed E-state index contributed by atoms with van der Waals surface area (Å²) in [6, 6.07) is 17.8. The van der Waals surface area contributed by atoms with Crippen LogP contribution in [0.15, 0.2) is 60.2 Å². The smallest absolute Gasteiger partial charge is 0.266 e. The highest BCUT2D eigenvalue weighted by atomic mass is 127. The lowest BCUT2D eigenvalue weighted by Gasteiger charge is -2.14. The molecule has 190 valence electrons. The molecule has 8 nitrogen and oxygen atoms in total. The minimum Gasteiger partial charge on any atom is -0.497 e. The number of anilines is 2. The van der Waals surface area contributed by atoms with Gasteiger partial charge in [-0.25, -0.2) is 0 Å². The third-order valence-corrected chi connectivity index (χ3v) is 6.08. The number of hydrogen-bond donors (Lipinski definition) is 2. The molecule has 0 bridgehead atoms. The van der Waals surface area contributed by atoms with Gasteiger partial charge in [0.2, 0.25) is 0 Å². The summed E-state index contributed by atoms with van der Waals surface area (Å²) in [5.74, 6) is 0.545. The van der Waals surface area contributed by atoms with Gasteiger partial charge in [0.1, 0.15) is 17.4 Å². The van der Waals surface area contributed by atoms with Gasteiger partial charge in [0, 0.05) is 11.4 Å². The highest BCUT2D eigenvalue weighted by Gasteiger charge is 2.16. The first kappa shape index (κ1) is 27.5. The van der Waals surface area contributed by atoms with E-state index >= 15 is 0 Å². The van der Waals surface area contributed by atoms with Crippen LogP contribution >= 0.6 is 22.6 Å². The topological polar surface area (TPSA) is 110 Å². The van der Waals surface area contributed by atoms with E-state index in [1.807, 2.05) is 38.1 Å². The summed E-state index contributed by atoms with van der Waals surface area (Å²) in [6.07, 6.45) is 1.46. The fourth-order valence-corrected chi connectivity index (χ4v) is 4.21. The quantitative estimate of drug-likeness (QED) is 0.188. The van der Waals surface area contributed by atoms with Crippen LogP contribution in [0.3, 0.4) is 0 Å². The van der Waals surface area contributed by atoms with Crippen molar-refractivity contribution in [2.75, 3.05) is 31.5 Å². The van der Waals surface area contributed by atoms with E-state index in [9.17, 15) is 14.9 Å². The summed E-state index contributed by atoms with van der Waals surface area (Å²) in [7, 11) is 3.03. The maximum absolute atomic E-state index is 12.6. The van der Waals surface area contributed by atoms with Gasteiger partial charge in [0.25, 0.3) is 11.8 Å². The molecule has 37 heavy (non-hydrogen) atoms. The molecule has 2 amide bonds. The fraction of sp³-hybridized carbons (Fsp3) is 0.179. The first-order valence-electron chi connectivity index (χ1n) is 11.2.